The van der Waals surface area contributed by atoms with E-state index in [-0.39, 0.29) is 18.0 Å². The molecule has 1 fully saturated rings. The third kappa shape index (κ3) is 4.23. The van der Waals surface area contributed by atoms with Gasteiger partial charge in [-0.3, -0.25) is 9.18 Å². The number of nitrogens with zero attached hydrogens (tertiary/aromatic N) is 2. The minimum absolute atomic E-state index is 0.182. The molecule has 1 amide bonds. The van der Waals surface area contributed by atoms with E-state index < -0.39 is 0 Å². The van der Waals surface area contributed by atoms with E-state index in [0.717, 1.165) is 45.3 Å². The van der Waals surface area contributed by atoms with Crippen molar-refractivity contribution in [3.63, 3.8) is 0 Å². The number of unbranched alkanes of at least 4 members (excludes halogenated alkanes) is 2. The van der Waals surface area contributed by atoms with E-state index in [1.165, 1.54) is 0 Å². The number of hydrogen-bond donors (Lipinski definition) is 0. The van der Waals surface area contributed by atoms with Crippen molar-refractivity contribution in [1.29, 1.82) is 0 Å². The minimum atomic E-state index is -0.199. The monoisotopic (exact) mass is 258 g/mol. The Labute approximate surface area is 110 Å². The Morgan fingerprint density at radius 3 is 2.33 bits per heavy atom. The Balaban J connectivity index is 2.29. The molecule has 18 heavy (non-hydrogen) atoms. The number of rotatable bonds is 6. The Kier molecular flexibility index (Phi) is 6.06. The predicted molar refractivity (Wildman–Crippen MR) is 72.3 cm³/mol. The Morgan fingerprint density at radius 1 is 1.22 bits per heavy atom. The number of likely N-dealkylation sites (tertiary alicyclic amines) is 1. The molecular formula is C14H27FN2O. The summed E-state index contributed by atoms with van der Waals surface area (Å²) in [5, 5.41) is 0. The van der Waals surface area contributed by atoms with Crippen LogP contribution in [0.1, 0.15) is 39.0 Å². The van der Waals surface area contributed by atoms with Crippen molar-refractivity contribution in [2.45, 2.75) is 39.0 Å². The van der Waals surface area contributed by atoms with Crippen LogP contribution in [-0.4, -0.2) is 56.1 Å². The average Bonchev–Trinajstić information content (AvgIpc) is 2.36. The van der Waals surface area contributed by atoms with Crippen LogP contribution in [0.4, 0.5) is 4.39 Å². The van der Waals surface area contributed by atoms with Gasteiger partial charge in [0.05, 0.1) is 6.67 Å². The van der Waals surface area contributed by atoms with Gasteiger partial charge in [-0.1, -0.05) is 6.92 Å². The molecule has 106 valence electrons. The first-order valence-corrected chi connectivity index (χ1v) is 7.00. The lowest BCUT2D eigenvalue weighted by atomic mass is 9.79. The molecule has 0 aromatic carbocycles. The largest absolute Gasteiger partial charge is 0.348 e. The maximum absolute atomic E-state index is 12.1. The highest BCUT2D eigenvalue weighted by Gasteiger charge is 2.37. The lowest BCUT2D eigenvalue weighted by Gasteiger charge is -2.39. The molecule has 0 aliphatic carbocycles. The quantitative estimate of drug-likeness (QED) is 0.683. The molecule has 4 heteroatoms. The number of hydrogen-bond acceptors (Lipinski definition) is 2. The average molecular weight is 258 g/mol. The van der Waals surface area contributed by atoms with Gasteiger partial charge in [0.1, 0.15) is 0 Å². The molecular weight excluding hydrogens is 231 g/mol. The molecule has 1 aliphatic rings. The van der Waals surface area contributed by atoms with Crippen molar-refractivity contribution in [3.8, 4) is 0 Å². The second kappa shape index (κ2) is 7.07. The number of halogens is 1. The van der Waals surface area contributed by atoms with Gasteiger partial charge in [-0.25, -0.2) is 0 Å². The molecule has 3 nitrogen and oxygen atoms in total. The fraction of sp³-hybridized carbons (Fsp3) is 0.929. The third-order valence-electron chi connectivity index (χ3n) is 3.99. The van der Waals surface area contributed by atoms with Gasteiger partial charge in [-0.2, -0.15) is 0 Å². The molecule has 0 spiro atoms. The van der Waals surface area contributed by atoms with E-state index in [9.17, 15) is 9.18 Å². The van der Waals surface area contributed by atoms with Crippen LogP contribution in [0.5, 0.6) is 0 Å². The number of carbonyl (C=O) groups is 1. The number of amides is 1. The molecule has 0 aromatic heterocycles. The zero-order valence-electron chi connectivity index (χ0n) is 12.0. The van der Waals surface area contributed by atoms with E-state index in [1.54, 1.807) is 4.90 Å². The van der Waals surface area contributed by atoms with Crippen molar-refractivity contribution in [1.82, 2.24) is 9.80 Å². The van der Waals surface area contributed by atoms with Crippen molar-refractivity contribution in [2.24, 2.45) is 5.41 Å². The summed E-state index contributed by atoms with van der Waals surface area (Å²) < 4.78 is 12.0. The van der Waals surface area contributed by atoms with E-state index in [2.05, 4.69) is 11.8 Å². The van der Waals surface area contributed by atoms with Gasteiger partial charge >= 0.3 is 0 Å². The molecule has 1 saturated heterocycles. The van der Waals surface area contributed by atoms with E-state index in [0.29, 0.717) is 6.42 Å². The molecule has 1 rings (SSSR count). The van der Waals surface area contributed by atoms with Crippen LogP contribution in [0.25, 0.3) is 0 Å². The first-order valence-electron chi connectivity index (χ1n) is 7.00. The first-order chi connectivity index (χ1) is 8.49. The van der Waals surface area contributed by atoms with Crippen LogP contribution in [0.15, 0.2) is 0 Å². The van der Waals surface area contributed by atoms with Gasteiger partial charge in [-0.05, 0) is 51.7 Å². The predicted octanol–water partition coefficient (Wildman–Crippen LogP) is 2.32. The highest BCUT2D eigenvalue weighted by molar-refractivity contribution is 5.82. The van der Waals surface area contributed by atoms with Gasteiger partial charge in [0.15, 0.2) is 0 Å². The molecule has 0 atom stereocenters. The second-order valence-electron chi connectivity index (χ2n) is 5.85. The highest BCUT2D eigenvalue weighted by atomic mass is 19.1. The smallest absolute Gasteiger partial charge is 0.228 e. The molecule has 1 aliphatic heterocycles. The lowest BCUT2D eigenvalue weighted by Crippen LogP contribution is -2.47. The summed E-state index contributed by atoms with van der Waals surface area (Å²) in [6.45, 7) is 4.91. The number of alkyl halides is 1. The molecule has 0 N–H and O–H groups in total. The van der Waals surface area contributed by atoms with Gasteiger partial charge in [0, 0.05) is 19.5 Å². The fourth-order valence-corrected chi connectivity index (χ4v) is 2.63. The summed E-state index contributed by atoms with van der Waals surface area (Å²) in [5.41, 5.74) is -0.182. The molecule has 0 bridgehead atoms. The Hall–Kier alpha value is -0.640. The van der Waals surface area contributed by atoms with Gasteiger partial charge in [0.25, 0.3) is 0 Å². The summed E-state index contributed by atoms with van der Waals surface area (Å²) in [5.74, 6) is 0.250. The molecule has 0 aromatic rings. The van der Waals surface area contributed by atoms with Crippen molar-refractivity contribution < 1.29 is 9.18 Å². The zero-order chi connectivity index (χ0) is 13.6. The molecule has 0 saturated carbocycles. The van der Waals surface area contributed by atoms with E-state index in [1.807, 2.05) is 14.1 Å². The number of piperidine rings is 1. The second-order valence-corrected chi connectivity index (χ2v) is 5.85. The Morgan fingerprint density at radius 2 is 1.83 bits per heavy atom. The standard InChI is InChI=1S/C14H27FN2O/c1-14(13(18)16(2)3)7-11-17(12-8-14)10-6-4-5-9-15/h4-12H2,1-3H3. The summed E-state index contributed by atoms with van der Waals surface area (Å²) in [7, 11) is 3.66. The topological polar surface area (TPSA) is 23.6 Å². The lowest BCUT2D eigenvalue weighted by molar-refractivity contribution is -0.141. The van der Waals surface area contributed by atoms with Crippen LogP contribution in [-0.2, 0) is 4.79 Å². The minimum Gasteiger partial charge on any atom is -0.348 e. The maximum atomic E-state index is 12.1. The molecule has 0 unspecified atom stereocenters. The van der Waals surface area contributed by atoms with Crippen LogP contribution < -0.4 is 0 Å². The highest BCUT2D eigenvalue weighted by Crippen LogP contribution is 2.32. The SMILES string of the molecule is CN(C)C(=O)C1(C)CCN(CCCCCF)CC1. The van der Waals surface area contributed by atoms with Crippen LogP contribution >= 0.6 is 0 Å². The Bertz CT molecular complexity index is 261. The fourth-order valence-electron chi connectivity index (χ4n) is 2.63. The maximum Gasteiger partial charge on any atom is 0.228 e. The zero-order valence-corrected chi connectivity index (χ0v) is 12.0. The van der Waals surface area contributed by atoms with Gasteiger partial charge in [0.2, 0.25) is 5.91 Å². The summed E-state index contributed by atoms with van der Waals surface area (Å²) in [6, 6.07) is 0. The van der Waals surface area contributed by atoms with Crippen molar-refractivity contribution in [2.75, 3.05) is 40.4 Å². The van der Waals surface area contributed by atoms with E-state index >= 15 is 0 Å². The molecule has 0 radical (unpaired) electrons. The van der Waals surface area contributed by atoms with Crippen LogP contribution in [0.3, 0.4) is 0 Å². The summed E-state index contributed by atoms with van der Waals surface area (Å²) >= 11 is 0. The van der Waals surface area contributed by atoms with Crippen LogP contribution in [0.2, 0.25) is 0 Å². The van der Waals surface area contributed by atoms with Crippen molar-refractivity contribution in [3.05, 3.63) is 0 Å². The first kappa shape index (κ1) is 15.4. The van der Waals surface area contributed by atoms with Gasteiger partial charge in [-0.15, -0.1) is 0 Å². The summed E-state index contributed by atoms with van der Waals surface area (Å²) in [4.78, 5) is 16.2. The van der Waals surface area contributed by atoms with Crippen LogP contribution in [0, 0.1) is 5.41 Å². The molecule has 1 heterocycles. The van der Waals surface area contributed by atoms with E-state index in [4.69, 9.17) is 0 Å². The van der Waals surface area contributed by atoms with Gasteiger partial charge < -0.3 is 9.80 Å². The third-order valence-corrected chi connectivity index (χ3v) is 3.99. The summed E-state index contributed by atoms with van der Waals surface area (Å²) in [6.07, 6.45) is 4.61. The van der Waals surface area contributed by atoms with Crippen molar-refractivity contribution >= 4 is 5.91 Å². The number of carbonyl (C=O) groups excluding carboxylic acids is 1. The normalized spacial score (nSPS) is 19.8.